The molecule has 4 aromatic rings. The number of nitrogens with two attached hydrogens (primary N) is 1. The summed E-state index contributed by atoms with van der Waals surface area (Å²) in [5.74, 6) is 0.146. The second-order valence-electron chi connectivity index (χ2n) is 5.75. The third-order valence-electron chi connectivity index (χ3n) is 4.30. The van der Waals surface area contributed by atoms with E-state index in [1.165, 1.54) is 0 Å². The van der Waals surface area contributed by atoms with Gasteiger partial charge in [-0.25, -0.2) is 0 Å². The van der Waals surface area contributed by atoms with Crippen molar-refractivity contribution >= 4 is 5.95 Å². The fourth-order valence-corrected chi connectivity index (χ4v) is 3.25. The minimum atomic E-state index is -0.756. The smallest absolute Gasteiger partial charge is 0.260 e. The number of tetrazole rings is 1. The molecule has 122 valence electrons. The normalized spacial score (nSPS) is 11.4. The molecule has 5 heteroatoms. The number of hydrogen-bond acceptors (Lipinski definition) is 4. The van der Waals surface area contributed by atoms with Crippen LogP contribution in [0.15, 0.2) is 91.0 Å². The maximum Gasteiger partial charge on any atom is 0.260 e. The van der Waals surface area contributed by atoms with Gasteiger partial charge >= 0.3 is 0 Å². The van der Waals surface area contributed by atoms with Crippen LogP contribution in [0.3, 0.4) is 0 Å². The molecule has 0 saturated heterocycles. The van der Waals surface area contributed by atoms with Gasteiger partial charge in [0.15, 0.2) is 5.54 Å². The Morgan fingerprint density at radius 2 is 1.04 bits per heavy atom. The Hall–Kier alpha value is -3.47. The van der Waals surface area contributed by atoms with Gasteiger partial charge in [0, 0.05) is 0 Å². The molecule has 0 saturated carbocycles. The van der Waals surface area contributed by atoms with E-state index in [2.05, 4.69) is 51.8 Å². The Kier molecular flexibility index (Phi) is 3.74. The topological polar surface area (TPSA) is 69.6 Å². The summed E-state index contributed by atoms with van der Waals surface area (Å²) < 4.78 is 0. The zero-order valence-electron chi connectivity index (χ0n) is 13.5. The van der Waals surface area contributed by atoms with Gasteiger partial charge in [-0.1, -0.05) is 96.1 Å². The van der Waals surface area contributed by atoms with E-state index in [0.29, 0.717) is 0 Å². The van der Waals surface area contributed by atoms with Gasteiger partial charge in [-0.05, 0) is 21.9 Å². The maximum atomic E-state index is 5.80. The zero-order chi connectivity index (χ0) is 17.1. The summed E-state index contributed by atoms with van der Waals surface area (Å²) in [5.41, 5.74) is 8.15. The monoisotopic (exact) mass is 327 g/mol. The zero-order valence-corrected chi connectivity index (χ0v) is 13.5. The second-order valence-corrected chi connectivity index (χ2v) is 5.75. The van der Waals surface area contributed by atoms with Crippen LogP contribution in [0.5, 0.6) is 0 Å². The van der Waals surface area contributed by atoms with Crippen LogP contribution in [0.2, 0.25) is 0 Å². The Balaban J connectivity index is 2.12. The van der Waals surface area contributed by atoms with Crippen LogP contribution in [-0.2, 0) is 5.54 Å². The van der Waals surface area contributed by atoms with Crippen LogP contribution in [0, 0.1) is 0 Å². The molecule has 5 nitrogen and oxygen atoms in total. The van der Waals surface area contributed by atoms with E-state index in [4.69, 9.17) is 5.73 Å². The highest BCUT2D eigenvalue weighted by molar-refractivity contribution is 5.49. The summed E-state index contributed by atoms with van der Waals surface area (Å²) in [5, 5.41) is 12.6. The molecule has 1 aromatic heterocycles. The summed E-state index contributed by atoms with van der Waals surface area (Å²) in [6.07, 6.45) is 0. The van der Waals surface area contributed by atoms with E-state index in [0.717, 1.165) is 16.7 Å². The lowest BCUT2D eigenvalue weighted by Gasteiger charge is -2.34. The van der Waals surface area contributed by atoms with Gasteiger partial charge in [0.2, 0.25) is 0 Å². The van der Waals surface area contributed by atoms with Crippen LogP contribution >= 0.6 is 0 Å². The summed E-state index contributed by atoms with van der Waals surface area (Å²) in [6.45, 7) is 0. The number of nitrogens with zero attached hydrogens (tertiary/aromatic N) is 4. The van der Waals surface area contributed by atoms with E-state index in [-0.39, 0.29) is 5.95 Å². The minimum absolute atomic E-state index is 0.146. The van der Waals surface area contributed by atoms with Crippen molar-refractivity contribution in [1.82, 2.24) is 20.2 Å². The van der Waals surface area contributed by atoms with Gasteiger partial charge in [-0.2, -0.15) is 0 Å². The van der Waals surface area contributed by atoms with E-state index in [9.17, 15) is 0 Å². The first-order chi connectivity index (χ1) is 12.3. The molecule has 2 N–H and O–H groups in total. The standard InChI is InChI=1S/C20H17N5/c21-19-22-24-25(23-19)20(16-10-4-1-5-11-16,17-12-6-2-7-13-17)18-14-8-3-9-15-18/h1-15H,(H2,21,23). The summed E-state index contributed by atoms with van der Waals surface area (Å²) in [7, 11) is 0. The van der Waals surface area contributed by atoms with Crippen molar-refractivity contribution < 1.29 is 0 Å². The van der Waals surface area contributed by atoms with Crippen molar-refractivity contribution in [3.05, 3.63) is 108 Å². The molecule has 0 spiro atoms. The molecule has 0 aliphatic carbocycles. The summed E-state index contributed by atoms with van der Waals surface area (Å²) in [6, 6.07) is 30.5. The highest BCUT2D eigenvalue weighted by Gasteiger charge is 2.40. The highest BCUT2D eigenvalue weighted by atomic mass is 15.6. The molecule has 4 rings (SSSR count). The van der Waals surface area contributed by atoms with Crippen LogP contribution in [0.1, 0.15) is 16.7 Å². The Bertz CT molecular complexity index is 852. The number of rotatable bonds is 4. The fraction of sp³-hybridized carbons (Fsp3) is 0.0500. The quantitative estimate of drug-likeness (QED) is 0.585. The van der Waals surface area contributed by atoms with Gasteiger partial charge in [-0.3, -0.25) is 0 Å². The molecular formula is C20H17N5. The van der Waals surface area contributed by atoms with Crippen LogP contribution < -0.4 is 5.73 Å². The van der Waals surface area contributed by atoms with Gasteiger partial charge < -0.3 is 5.73 Å². The molecular weight excluding hydrogens is 310 g/mol. The maximum absolute atomic E-state index is 5.80. The average Bonchev–Trinajstić information content (AvgIpc) is 3.12. The minimum Gasteiger partial charge on any atom is -0.365 e. The van der Waals surface area contributed by atoms with E-state index < -0.39 is 5.54 Å². The number of nitrogen functional groups attached to an aromatic ring is 1. The lowest BCUT2D eigenvalue weighted by molar-refractivity contribution is 0.396. The van der Waals surface area contributed by atoms with Crippen molar-refractivity contribution in [1.29, 1.82) is 0 Å². The lowest BCUT2D eigenvalue weighted by Crippen LogP contribution is -2.39. The largest absolute Gasteiger partial charge is 0.365 e. The SMILES string of the molecule is Nc1nnn(C(c2ccccc2)(c2ccccc2)c2ccccc2)n1. The molecule has 0 amide bonds. The molecule has 25 heavy (non-hydrogen) atoms. The van der Waals surface area contributed by atoms with Crippen LogP contribution in [0.4, 0.5) is 5.95 Å². The van der Waals surface area contributed by atoms with Crippen molar-refractivity contribution in [3.8, 4) is 0 Å². The first kappa shape index (κ1) is 15.1. The van der Waals surface area contributed by atoms with Crippen molar-refractivity contribution in [2.24, 2.45) is 0 Å². The van der Waals surface area contributed by atoms with Gasteiger partial charge in [-0.15, -0.1) is 9.90 Å². The highest BCUT2D eigenvalue weighted by Crippen LogP contribution is 2.39. The Labute approximate surface area is 145 Å². The third-order valence-corrected chi connectivity index (χ3v) is 4.30. The molecule has 0 fully saturated rings. The lowest BCUT2D eigenvalue weighted by atomic mass is 9.77. The number of aromatic nitrogens is 4. The van der Waals surface area contributed by atoms with Gasteiger partial charge in [0.05, 0.1) is 0 Å². The van der Waals surface area contributed by atoms with E-state index >= 15 is 0 Å². The van der Waals surface area contributed by atoms with E-state index in [1.54, 1.807) is 4.80 Å². The predicted molar refractivity (Wildman–Crippen MR) is 96.8 cm³/mol. The molecule has 0 bridgehead atoms. The predicted octanol–water partition coefficient (Wildman–Crippen LogP) is 3.10. The molecule has 0 unspecified atom stereocenters. The van der Waals surface area contributed by atoms with Crippen molar-refractivity contribution in [2.45, 2.75) is 5.54 Å². The summed E-state index contributed by atoms with van der Waals surface area (Å²) >= 11 is 0. The fourth-order valence-electron chi connectivity index (χ4n) is 3.25. The molecule has 0 atom stereocenters. The first-order valence-corrected chi connectivity index (χ1v) is 8.04. The summed E-state index contributed by atoms with van der Waals surface area (Å²) in [4.78, 5) is 1.60. The van der Waals surface area contributed by atoms with Crippen LogP contribution in [-0.4, -0.2) is 20.2 Å². The molecule has 1 heterocycles. The first-order valence-electron chi connectivity index (χ1n) is 8.04. The Morgan fingerprint density at radius 3 is 1.36 bits per heavy atom. The average molecular weight is 327 g/mol. The van der Waals surface area contributed by atoms with E-state index in [1.807, 2.05) is 54.6 Å². The van der Waals surface area contributed by atoms with Gasteiger partial charge in [0.1, 0.15) is 0 Å². The third kappa shape index (κ3) is 2.46. The second kappa shape index (κ2) is 6.20. The number of benzene rings is 3. The number of anilines is 1. The van der Waals surface area contributed by atoms with Crippen molar-refractivity contribution in [3.63, 3.8) is 0 Å². The molecule has 0 radical (unpaired) electrons. The number of hydrogen-bond donors (Lipinski definition) is 1. The molecule has 0 aliphatic heterocycles. The Morgan fingerprint density at radius 1 is 0.640 bits per heavy atom. The molecule has 0 aliphatic rings. The van der Waals surface area contributed by atoms with Crippen LogP contribution in [0.25, 0.3) is 0 Å². The van der Waals surface area contributed by atoms with Crippen molar-refractivity contribution in [2.75, 3.05) is 5.73 Å². The van der Waals surface area contributed by atoms with Gasteiger partial charge in [0.25, 0.3) is 5.95 Å². The molecule has 3 aromatic carbocycles.